The summed E-state index contributed by atoms with van der Waals surface area (Å²) < 4.78 is 28.2. The largest absolute Gasteiger partial charge is 0.288 e. The maximum atomic E-state index is 12.8. The summed E-state index contributed by atoms with van der Waals surface area (Å²) in [6.45, 7) is 1.47. The van der Waals surface area contributed by atoms with Crippen molar-refractivity contribution in [3.8, 4) is 0 Å². The number of aromatic nitrogens is 2. The van der Waals surface area contributed by atoms with E-state index in [9.17, 15) is 13.2 Å². The molecule has 1 fully saturated rings. The quantitative estimate of drug-likeness (QED) is 0.685. The van der Waals surface area contributed by atoms with Gasteiger partial charge in [0.25, 0.3) is 5.56 Å². The fourth-order valence-electron chi connectivity index (χ4n) is 2.67. The Balaban J connectivity index is 1.71. The molecule has 0 bridgehead atoms. The summed E-state index contributed by atoms with van der Waals surface area (Å²) in [5.41, 5.74) is -0.495. The highest BCUT2D eigenvalue weighted by molar-refractivity contribution is 7.89. The molecule has 0 amide bonds. The summed E-state index contributed by atoms with van der Waals surface area (Å²) in [6.07, 6.45) is 1.30. The van der Waals surface area contributed by atoms with Gasteiger partial charge in [-0.05, 0) is 12.1 Å². The Hall–Kier alpha value is -0.870. The molecule has 0 spiro atoms. The van der Waals surface area contributed by atoms with Gasteiger partial charge in [-0.25, -0.2) is 13.1 Å². The summed E-state index contributed by atoms with van der Waals surface area (Å²) in [6, 6.07) is 4.50. The van der Waals surface area contributed by atoms with Gasteiger partial charge in [0.2, 0.25) is 10.0 Å². The van der Waals surface area contributed by atoms with Gasteiger partial charge in [0.1, 0.15) is 9.92 Å². The lowest BCUT2D eigenvalue weighted by Crippen LogP contribution is -2.49. The zero-order valence-electron chi connectivity index (χ0n) is 13.8. The van der Waals surface area contributed by atoms with Crippen LogP contribution in [-0.2, 0) is 16.7 Å². The van der Waals surface area contributed by atoms with Crippen LogP contribution in [0, 0.1) is 0 Å². The summed E-state index contributed by atoms with van der Waals surface area (Å²) in [5, 5.41) is 4.14. The Bertz CT molecular complexity index is 1020. The topological polar surface area (TPSA) is 75.5 Å². The Morgan fingerprint density at radius 1 is 0.963 bits per heavy atom. The van der Waals surface area contributed by atoms with Crippen LogP contribution in [0.25, 0.3) is 0 Å². The van der Waals surface area contributed by atoms with Crippen molar-refractivity contribution in [3.05, 3.63) is 54.8 Å². The molecule has 1 aromatic carbocycles. The molecule has 2 heterocycles. The van der Waals surface area contributed by atoms with E-state index in [0.29, 0.717) is 13.1 Å². The van der Waals surface area contributed by atoms with E-state index < -0.39 is 15.6 Å². The van der Waals surface area contributed by atoms with E-state index in [4.69, 9.17) is 46.4 Å². The van der Waals surface area contributed by atoms with Gasteiger partial charge < -0.3 is 0 Å². The number of hydrogen-bond donors (Lipinski definition) is 0. The molecule has 0 N–H and O–H groups in total. The van der Waals surface area contributed by atoms with E-state index >= 15 is 0 Å². The molecule has 0 saturated carbocycles. The lowest BCUT2D eigenvalue weighted by Gasteiger charge is -2.34. The average molecular weight is 472 g/mol. The molecular weight excluding hydrogens is 458 g/mol. The van der Waals surface area contributed by atoms with E-state index in [1.54, 1.807) is 6.07 Å². The van der Waals surface area contributed by atoms with Crippen LogP contribution in [0.4, 0.5) is 0 Å². The zero-order valence-corrected chi connectivity index (χ0v) is 17.6. The number of sulfonamides is 1. The molecule has 1 aromatic heterocycles. The normalized spacial score (nSPS) is 16.6. The van der Waals surface area contributed by atoms with Gasteiger partial charge >= 0.3 is 0 Å². The molecule has 7 nitrogen and oxygen atoms in total. The lowest BCUT2D eigenvalue weighted by atomic mass is 10.4. The highest BCUT2D eigenvalue weighted by Gasteiger charge is 2.30. The van der Waals surface area contributed by atoms with Gasteiger partial charge in [0, 0.05) is 26.2 Å². The van der Waals surface area contributed by atoms with Crippen molar-refractivity contribution >= 4 is 56.4 Å². The van der Waals surface area contributed by atoms with Crippen molar-refractivity contribution in [2.75, 3.05) is 26.2 Å². The molecule has 0 atom stereocenters. The lowest BCUT2D eigenvalue weighted by molar-refractivity contribution is 0.143. The molecule has 1 aliphatic rings. The first kappa shape index (κ1) is 20.9. The number of halogens is 4. The molecule has 27 heavy (non-hydrogen) atoms. The maximum absolute atomic E-state index is 12.8. The molecule has 146 valence electrons. The minimum absolute atomic E-state index is 0.00755. The van der Waals surface area contributed by atoms with Crippen LogP contribution in [0.1, 0.15) is 0 Å². The van der Waals surface area contributed by atoms with E-state index in [1.165, 1.54) is 27.3 Å². The monoisotopic (exact) mass is 470 g/mol. The highest BCUT2D eigenvalue weighted by atomic mass is 35.5. The van der Waals surface area contributed by atoms with Crippen LogP contribution in [0.5, 0.6) is 0 Å². The number of rotatable bonds is 4. The minimum Gasteiger partial charge on any atom is -0.282 e. The SMILES string of the molecule is O=c1c(Cl)c(Cl)cnn1CN1CCN(S(=O)(=O)c2cccc(Cl)c2Cl)CC1. The van der Waals surface area contributed by atoms with Gasteiger partial charge in [-0.2, -0.15) is 9.40 Å². The van der Waals surface area contributed by atoms with Gasteiger partial charge in [0.05, 0.1) is 27.9 Å². The Kier molecular flexibility index (Phi) is 6.37. The first-order valence-electron chi connectivity index (χ1n) is 7.79. The zero-order chi connectivity index (χ0) is 19.8. The first-order chi connectivity index (χ1) is 12.7. The summed E-state index contributed by atoms with van der Waals surface area (Å²) in [5.74, 6) is 0. The van der Waals surface area contributed by atoms with Gasteiger partial charge in [-0.3, -0.25) is 9.69 Å². The van der Waals surface area contributed by atoms with Crippen LogP contribution in [-0.4, -0.2) is 53.6 Å². The molecule has 3 rings (SSSR count). The van der Waals surface area contributed by atoms with Crippen LogP contribution in [0.15, 0.2) is 34.1 Å². The third kappa shape index (κ3) is 4.27. The fraction of sp³-hybridized carbons (Fsp3) is 0.333. The minimum atomic E-state index is -3.76. The van der Waals surface area contributed by atoms with Crippen molar-refractivity contribution < 1.29 is 8.42 Å². The summed E-state index contributed by atoms with van der Waals surface area (Å²) in [7, 11) is -3.76. The molecule has 1 saturated heterocycles. The Morgan fingerprint density at radius 3 is 2.30 bits per heavy atom. The molecule has 2 aromatic rings. The second-order valence-corrected chi connectivity index (χ2v) is 9.30. The van der Waals surface area contributed by atoms with Gasteiger partial charge in [-0.1, -0.05) is 52.5 Å². The van der Waals surface area contributed by atoms with Crippen molar-refractivity contribution in [3.63, 3.8) is 0 Å². The van der Waals surface area contributed by atoms with Crippen molar-refractivity contribution in [2.45, 2.75) is 11.6 Å². The van der Waals surface area contributed by atoms with E-state index in [2.05, 4.69) is 5.10 Å². The van der Waals surface area contributed by atoms with Gasteiger partial charge in [0.15, 0.2) is 0 Å². The molecule has 0 aliphatic carbocycles. The predicted molar refractivity (Wildman–Crippen MR) is 105 cm³/mol. The third-order valence-electron chi connectivity index (χ3n) is 4.14. The Morgan fingerprint density at radius 2 is 1.63 bits per heavy atom. The number of benzene rings is 1. The van der Waals surface area contributed by atoms with Crippen molar-refractivity contribution in [2.24, 2.45) is 0 Å². The molecular formula is C15H14Cl4N4O3S. The number of nitrogens with zero attached hydrogens (tertiary/aromatic N) is 4. The van der Waals surface area contributed by atoms with E-state index in [0.717, 1.165) is 0 Å². The third-order valence-corrected chi connectivity index (χ3v) is 7.76. The number of hydrogen-bond acceptors (Lipinski definition) is 5. The van der Waals surface area contributed by atoms with Crippen LogP contribution in [0.3, 0.4) is 0 Å². The average Bonchev–Trinajstić information content (AvgIpc) is 2.65. The highest BCUT2D eigenvalue weighted by Crippen LogP contribution is 2.31. The standard InChI is InChI=1S/C15H14Cl4N4O3S/c16-10-2-1-3-12(13(10)18)27(25,26)22-6-4-21(5-7-22)9-23-15(24)14(19)11(17)8-20-23/h1-3,8H,4-7,9H2. The van der Waals surface area contributed by atoms with E-state index in [-0.39, 0.29) is 44.7 Å². The summed E-state index contributed by atoms with van der Waals surface area (Å²) >= 11 is 23.6. The van der Waals surface area contributed by atoms with Crippen LogP contribution < -0.4 is 5.56 Å². The van der Waals surface area contributed by atoms with Crippen molar-refractivity contribution in [1.82, 2.24) is 19.0 Å². The Labute approximate surface area is 176 Å². The second kappa shape index (κ2) is 8.24. The van der Waals surface area contributed by atoms with E-state index in [1.807, 2.05) is 4.90 Å². The number of piperazine rings is 1. The first-order valence-corrected chi connectivity index (χ1v) is 10.7. The molecule has 0 radical (unpaired) electrons. The van der Waals surface area contributed by atoms with Crippen molar-refractivity contribution in [1.29, 1.82) is 0 Å². The maximum Gasteiger partial charge on any atom is 0.288 e. The predicted octanol–water partition coefficient (Wildman–Crippen LogP) is 2.82. The van der Waals surface area contributed by atoms with Crippen LogP contribution >= 0.6 is 46.4 Å². The second-order valence-electron chi connectivity index (χ2n) is 5.83. The summed E-state index contributed by atoms with van der Waals surface area (Å²) in [4.78, 5) is 13.9. The molecule has 0 unspecified atom stereocenters. The molecule has 1 aliphatic heterocycles. The smallest absolute Gasteiger partial charge is 0.282 e. The van der Waals surface area contributed by atoms with Gasteiger partial charge in [-0.15, -0.1) is 0 Å². The fourth-order valence-corrected chi connectivity index (χ4v) is 5.10. The molecule has 12 heteroatoms. The van der Waals surface area contributed by atoms with Crippen LogP contribution in [0.2, 0.25) is 20.1 Å².